The maximum absolute atomic E-state index is 12.0. The number of methoxy groups -OCH3 is 2. The average Bonchev–Trinajstić information content (AvgIpc) is 2.76. The van der Waals surface area contributed by atoms with Crippen LogP contribution >= 0.6 is 0 Å². The van der Waals surface area contributed by atoms with Gasteiger partial charge in [-0.3, -0.25) is 4.79 Å². The van der Waals surface area contributed by atoms with Gasteiger partial charge in [-0.15, -0.1) is 0 Å². The first-order valence-electron chi connectivity index (χ1n) is 9.11. The van der Waals surface area contributed by atoms with Gasteiger partial charge >= 0.3 is 0 Å². The minimum Gasteiger partial charge on any atom is -0.493 e. The van der Waals surface area contributed by atoms with Crippen LogP contribution in [-0.2, 0) is 4.79 Å². The standard InChI is InChI=1S/C22H23N3O4/c1-27-19-10-8-16(14-20(19)28-2)24-21-11-9-17(15-23-21)25-22(26)12-13-29-18-6-4-3-5-7-18/h3-11,14-15H,12-13H2,1-2H3,(H,23,24)(H,25,26). The number of hydrogen-bond donors (Lipinski definition) is 2. The molecular formula is C22H23N3O4. The highest BCUT2D eigenvalue weighted by Crippen LogP contribution is 2.30. The summed E-state index contributed by atoms with van der Waals surface area (Å²) in [7, 11) is 3.18. The average molecular weight is 393 g/mol. The molecular weight excluding hydrogens is 370 g/mol. The highest BCUT2D eigenvalue weighted by Gasteiger charge is 2.06. The molecule has 0 aliphatic heterocycles. The minimum atomic E-state index is -0.136. The van der Waals surface area contributed by atoms with E-state index in [-0.39, 0.29) is 12.3 Å². The molecule has 2 N–H and O–H groups in total. The molecule has 0 aliphatic rings. The summed E-state index contributed by atoms with van der Waals surface area (Å²) in [5, 5.41) is 5.99. The number of hydrogen-bond acceptors (Lipinski definition) is 6. The Labute approximate surface area is 169 Å². The van der Waals surface area contributed by atoms with Crippen LogP contribution in [0.3, 0.4) is 0 Å². The van der Waals surface area contributed by atoms with Crippen molar-refractivity contribution < 1.29 is 19.0 Å². The van der Waals surface area contributed by atoms with Crippen LogP contribution < -0.4 is 24.8 Å². The topological polar surface area (TPSA) is 81.7 Å². The molecule has 7 heteroatoms. The molecule has 1 amide bonds. The van der Waals surface area contributed by atoms with Crippen molar-refractivity contribution in [3.05, 3.63) is 66.9 Å². The molecule has 0 saturated carbocycles. The summed E-state index contributed by atoms with van der Waals surface area (Å²) in [6.07, 6.45) is 1.85. The number of ether oxygens (including phenoxy) is 3. The zero-order chi connectivity index (χ0) is 20.5. The summed E-state index contributed by atoms with van der Waals surface area (Å²) in [5.74, 6) is 2.53. The number of anilines is 3. The molecule has 0 bridgehead atoms. The molecule has 3 rings (SSSR count). The highest BCUT2D eigenvalue weighted by atomic mass is 16.5. The number of nitrogens with zero attached hydrogens (tertiary/aromatic N) is 1. The molecule has 29 heavy (non-hydrogen) atoms. The number of aromatic nitrogens is 1. The summed E-state index contributed by atoms with van der Waals surface area (Å²) >= 11 is 0. The first kappa shape index (κ1) is 20.0. The van der Waals surface area contributed by atoms with Crippen molar-refractivity contribution in [1.82, 2.24) is 4.98 Å². The van der Waals surface area contributed by atoms with E-state index in [1.165, 1.54) is 0 Å². The Morgan fingerprint density at radius 2 is 1.69 bits per heavy atom. The van der Waals surface area contributed by atoms with Crippen molar-refractivity contribution in [2.45, 2.75) is 6.42 Å². The Balaban J connectivity index is 1.50. The van der Waals surface area contributed by atoms with Crippen molar-refractivity contribution in [3.8, 4) is 17.2 Å². The van der Waals surface area contributed by atoms with Crippen molar-refractivity contribution in [2.75, 3.05) is 31.5 Å². The zero-order valence-corrected chi connectivity index (χ0v) is 16.3. The van der Waals surface area contributed by atoms with Gasteiger partial charge in [0.2, 0.25) is 5.91 Å². The van der Waals surface area contributed by atoms with Gasteiger partial charge < -0.3 is 24.8 Å². The smallest absolute Gasteiger partial charge is 0.227 e. The van der Waals surface area contributed by atoms with Crippen molar-refractivity contribution >= 4 is 23.1 Å². The van der Waals surface area contributed by atoms with Gasteiger partial charge in [-0.1, -0.05) is 18.2 Å². The summed E-state index contributed by atoms with van der Waals surface area (Å²) in [6, 6.07) is 18.5. The summed E-state index contributed by atoms with van der Waals surface area (Å²) in [4.78, 5) is 16.4. The van der Waals surface area contributed by atoms with E-state index in [4.69, 9.17) is 14.2 Å². The second-order valence-electron chi connectivity index (χ2n) is 6.09. The third-order valence-corrected chi connectivity index (χ3v) is 4.04. The molecule has 0 fully saturated rings. The first-order chi connectivity index (χ1) is 14.2. The Morgan fingerprint density at radius 1 is 0.931 bits per heavy atom. The molecule has 0 unspecified atom stereocenters. The fourth-order valence-corrected chi connectivity index (χ4v) is 2.61. The molecule has 1 aromatic heterocycles. The second kappa shape index (κ2) is 9.98. The zero-order valence-electron chi connectivity index (χ0n) is 16.3. The number of benzene rings is 2. The van der Waals surface area contributed by atoms with Crippen LogP contribution in [0.15, 0.2) is 66.9 Å². The van der Waals surface area contributed by atoms with Crippen LogP contribution in [0.4, 0.5) is 17.2 Å². The van der Waals surface area contributed by atoms with Crippen LogP contribution in [0.25, 0.3) is 0 Å². The third-order valence-electron chi connectivity index (χ3n) is 4.04. The Morgan fingerprint density at radius 3 is 2.38 bits per heavy atom. The normalized spacial score (nSPS) is 10.1. The van der Waals surface area contributed by atoms with Gasteiger partial charge in [-0.2, -0.15) is 0 Å². The number of nitrogens with one attached hydrogen (secondary N) is 2. The molecule has 0 radical (unpaired) electrons. The molecule has 0 atom stereocenters. The van der Waals surface area contributed by atoms with E-state index in [9.17, 15) is 4.79 Å². The Hall–Kier alpha value is -3.74. The van der Waals surface area contributed by atoms with Gasteiger partial charge in [-0.05, 0) is 36.4 Å². The molecule has 0 spiro atoms. The van der Waals surface area contributed by atoms with E-state index in [0.29, 0.717) is 29.6 Å². The summed E-state index contributed by atoms with van der Waals surface area (Å²) in [5.41, 5.74) is 1.43. The molecule has 0 aliphatic carbocycles. The molecule has 1 heterocycles. The molecule has 0 saturated heterocycles. The van der Waals surface area contributed by atoms with Crippen LogP contribution in [0, 0.1) is 0 Å². The summed E-state index contributed by atoms with van der Waals surface area (Å²) < 4.78 is 16.1. The Kier molecular flexibility index (Phi) is 6.89. The van der Waals surface area contributed by atoms with Gasteiger partial charge in [0.1, 0.15) is 11.6 Å². The van der Waals surface area contributed by atoms with E-state index in [2.05, 4.69) is 15.6 Å². The molecule has 3 aromatic rings. The summed E-state index contributed by atoms with van der Waals surface area (Å²) in [6.45, 7) is 0.308. The lowest BCUT2D eigenvalue weighted by Crippen LogP contribution is -2.15. The number of carbonyl (C=O) groups excluding carboxylic acids is 1. The number of carbonyl (C=O) groups is 1. The fourth-order valence-electron chi connectivity index (χ4n) is 2.61. The first-order valence-corrected chi connectivity index (χ1v) is 9.11. The predicted molar refractivity (Wildman–Crippen MR) is 112 cm³/mol. The van der Waals surface area contributed by atoms with Crippen LogP contribution in [0.5, 0.6) is 17.2 Å². The van der Waals surface area contributed by atoms with E-state index in [1.807, 2.05) is 48.5 Å². The monoisotopic (exact) mass is 393 g/mol. The number of pyridine rings is 1. The van der Waals surface area contributed by atoms with Crippen molar-refractivity contribution in [3.63, 3.8) is 0 Å². The second-order valence-corrected chi connectivity index (χ2v) is 6.09. The highest BCUT2D eigenvalue weighted by molar-refractivity contribution is 5.90. The van der Waals surface area contributed by atoms with Crippen LogP contribution in [-0.4, -0.2) is 31.7 Å². The van der Waals surface area contributed by atoms with Crippen LogP contribution in [0.2, 0.25) is 0 Å². The van der Waals surface area contributed by atoms with Gasteiger partial charge in [0, 0.05) is 11.8 Å². The number of para-hydroxylation sites is 1. The van der Waals surface area contributed by atoms with Gasteiger partial charge in [0.05, 0.1) is 39.1 Å². The van der Waals surface area contributed by atoms with Gasteiger partial charge in [-0.25, -0.2) is 4.98 Å². The lowest BCUT2D eigenvalue weighted by molar-refractivity contribution is -0.116. The van der Waals surface area contributed by atoms with Crippen molar-refractivity contribution in [1.29, 1.82) is 0 Å². The lowest BCUT2D eigenvalue weighted by atomic mass is 10.2. The molecule has 7 nitrogen and oxygen atoms in total. The van der Waals surface area contributed by atoms with E-state index < -0.39 is 0 Å². The predicted octanol–water partition coefficient (Wildman–Crippen LogP) is 4.25. The van der Waals surface area contributed by atoms with Gasteiger partial charge in [0.25, 0.3) is 0 Å². The SMILES string of the molecule is COc1ccc(Nc2ccc(NC(=O)CCOc3ccccc3)cn2)cc1OC. The fraction of sp³-hybridized carbons (Fsp3) is 0.182. The van der Waals surface area contributed by atoms with Crippen molar-refractivity contribution in [2.24, 2.45) is 0 Å². The number of amides is 1. The maximum Gasteiger partial charge on any atom is 0.227 e. The number of rotatable bonds is 9. The molecule has 2 aromatic carbocycles. The van der Waals surface area contributed by atoms with E-state index in [0.717, 1.165) is 11.4 Å². The van der Waals surface area contributed by atoms with Crippen LogP contribution in [0.1, 0.15) is 6.42 Å². The Bertz CT molecular complexity index is 931. The quantitative estimate of drug-likeness (QED) is 0.566. The van der Waals surface area contributed by atoms with Gasteiger partial charge in [0.15, 0.2) is 11.5 Å². The lowest BCUT2D eigenvalue weighted by Gasteiger charge is -2.11. The van der Waals surface area contributed by atoms with E-state index in [1.54, 1.807) is 32.5 Å². The van der Waals surface area contributed by atoms with E-state index >= 15 is 0 Å². The molecule has 150 valence electrons. The minimum absolute atomic E-state index is 0.136. The maximum atomic E-state index is 12.0. The largest absolute Gasteiger partial charge is 0.493 e. The third kappa shape index (κ3) is 5.87.